The summed E-state index contributed by atoms with van der Waals surface area (Å²) >= 11 is 3.33. The van der Waals surface area contributed by atoms with Gasteiger partial charge in [-0.15, -0.1) is 0 Å². The second-order valence-electron chi connectivity index (χ2n) is 6.00. The van der Waals surface area contributed by atoms with Crippen LogP contribution in [0.5, 0.6) is 0 Å². The SMILES string of the molecule is CC(C)(OC(=O)C(O)c1ccc(Br)cc1)C1CCNCC1. The molecule has 1 unspecified atom stereocenters. The largest absolute Gasteiger partial charge is 0.457 e. The van der Waals surface area contributed by atoms with Crippen molar-refractivity contribution in [3.8, 4) is 0 Å². The molecule has 4 nitrogen and oxygen atoms in total. The van der Waals surface area contributed by atoms with E-state index in [9.17, 15) is 9.90 Å². The highest BCUT2D eigenvalue weighted by Crippen LogP contribution is 2.30. The van der Waals surface area contributed by atoms with Crippen LogP contribution in [0, 0.1) is 5.92 Å². The molecule has 1 aromatic carbocycles. The molecule has 0 aliphatic carbocycles. The van der Waals surface area contributed by atoms with Crippen molar-refractivity contribution in [1.82, 2.24) is 5.32 Å². The number of rotatable bonds is 4. The second kappa shape index (κ2) is 6.90. The van der Waals surface area contributed by atoms with E-state index in [1.807, 2.05) is 13.8 Å². The van der Waals surface area contributed by atoms with Crippen molar-refractivity contribution in [1.29, 1.82) is 0 Å². The molecular weight excluding hydrogens is 334 g/mol. The number of carbonyl (C=O) groups excluding carboxylic acids is 1. The van der Waals surface area contributed by atoms with Gasteiger partial charge in [0.05, 0.1) is 0 Å². The van der Waals surface area contributed by atoms with Crippen molar-refractivity contribution in [2.75, 3.05) is 13.1 Å². The topological polar surface area (TPSA) is 58.6 Å². The van der Waals surface area contributed by atoms with Gasteiger partial charge in [0.15, 0.2) is 6.10 Å². The van der Waals surface area contributed by atoms with Gasteiger partial charge in [-0.25, -0.2) is 4.79 Å². The first-order chi connectivity index (χ1) is 9.90. The third kappa shape index (κ3) is 4.28. The minimum atomic E-state index is -1.24. The molecule has 1 fully saturated rings. The number of carbonyl (C=O) groups is 1. The van der Waals surface area contributed by atoms with Crippen molar-refractivity contribution in [2.45, 2.75) is 38.4 Å². The molecule has 5 heteroatoms. The normalized spacial score (nSPS) is 18.3. The van der Waals surface area contributed by atoms with Crippen LogP contribution in [0.1, 0.15) is 38.4 Å². The monoisotopic (exact) mass is 355 g/mol. The Balaban J connectivity index is 2.00. The predicted molar refractivity (Wildman–Crippen MR) is 84.9 cm³/mol. The lowest BCUT2D eigenvalue weighted by molar-refractivity contribution is -0.173. The summed E-state index contributed by atoms with van der Waals surface area (Å²) in [6.45, 7) is 5.74. The summed E-state index contributed by atoms with van der Waals surface area (Å²) in [4.78, 5) is 12.2. The van der Waals surface area contributed by atoms with Gasteiger partial charge in [0, 0.05) is 10.4 Å². The molecule has 2 N–H and O–H groups in total. The number of ether oxygens (including phenoxy) is 1. The van der Waals surface area contributed by atoms with Crippen LogP contribution in [0.15, 0.2) is 28.7 Å². The number of benzene rings is 1. The zero-order valence-corrected chi connectivity index (χ0v) is 14.0. The lowest BCUT2D eigenvalue weighted by atomic mass is 9.83. The van der Waals surface area contributed by atoms with Crippen molar-refractivity contribution in [3.05, 3.63) is 34.3 Å². The lowest BCUT2D eigenvalue weighted by Crippen LogP contribution is -2.43. The van der Waals surface area contributed by atoms with Crippen molar-refractivity contribution >= 4 is 21.9 Å². The summed E-state index contributed by atoms with van der Waals surface area (Å²) in [5, 5.41) is 13.4. The molecule has 1 saturated heterocycles. The fourth-order valence-electron chi connectivity index (χ4n) is 2.70. The quantitative estimate of drug-likeness (QED) is 0.815. The molecule has 0 radical (unpaired) electrons. The van der Waals surface area contributed by atoms with Crippen LogP contribution < -0.4 is 5.32 Å². The van der Waals surface area contributed by atoms with Gasteiger partial charge in [-0.1, -0.05) is 28.1 Å². The Kier molecular flexibility index (Phi) is 5.41. The first kappa shape index (κ1) is 16.5. The smallest absolute Gasteiger partial charge is 0.340 e. The molecule has 0 aromatic heterocycles. The second-order valence-corrected chi connectivity index (χ2v) is 6.92. The molecule has 1 aliphatic heterocycles. The fourth-order valence-corrected chi connectivity index (χ4v) is 2.96. The average Bonchev–Trinajstić information content (AvgIpc) is 2.48. The van der Waals surface area contributed by atoms with Gasteiger partial charge in [-0.05, 0) is 57.5 Å². The van der Waals surface area contributed by atoms with Crippen molar-refractivity contribution in [3.63, 3.8) is 0 Å². The molecule has 0 saturated carbocycles. The molecular formula is C16H22BrNO3. The van der Waals surface area contributed by atoms with E-state index in [1.165, 1.54) is 0 Å². The Morgan fingerprint density at radius 2 is 1.90 bits per heavy atom. The first-order valence-corrected chi connectivity index (χ1v) is 8.06. The highest BCUT2D eigenvalue weighted by atomic mass is 79.9. The Morgan fingerprint density at radius 3 is 2.48 bits per heavy atom. The predicted octanol–water partition coefficient (Wildman–Crippen LogP) is 2.80. The van der Waals surface area contributed by atoms with Crippen LogP contribution in [-0.2, 0) is 9.53 Å². The van der Waals surface area contributed by atoms with Gasteiger partial charge in [0.1, 0.15) is 5.60 Å². The Bertz CT molecular complexity index is 481. The standard InChI is InChI=1S/C16H22BrNO3/c1-16(2,12-7-9-18-10-8-12)21-15(20)14(19)11-3-5-13(17)6-4-11/h3-6,12,14,18-19H,7-10H2,1-2H3. The molecule has 0 amide bonds. The number of aliphatic hydroxyl groups excluding tert-OH is 1. The maximum atomic E-state index is 12.2. The van der Waals surface area contributed by atoms with Crippen molar-refractivity contribution in [2.24, 2.45) is 5.92 Å². The number of esters is 1. The van der Waals surface area contributed by atoms with Crippen LogP contribution in [0.4, 0.5) is 0 Å². The Hall–Kier alpha value is -0.910. The summed E-state index contributed by atoms with van der Waals surface area (Å²) in [7, 11) is 0. The van der Waals surface area contributed by atoms with Crippen molar-refractivity contribution < 1.29 is 14.6 Å². The molecule has 1 aliphatic rings. The molecule has 1 heterocycles. The van der Waals surface area contributed by atoms with Crippen LogP contribution in [-0.4, -0.2) is 29.8 Å². The van der Waals surface area contributed by atoms with Gasteiger partial charge >= 0.3 is 5.97 Å². The third-order valence-corrected chi connectivity index (χ3v) is 4.62. The number of nitrogens with one attached hydrogen (secondary N) is 1. The highest BCUT2D eigenvalue weighted by molar-refractivity contribution is 9.10. The van der Waals surface area contributed by atoms with Gasteiger partial charge in [-0.3, -0.25) is 0 Å². The van der Waals surface area contributed by atoms with E-state index >= 15 is 0 Å². The number of aliphatic hydroxyl groups is 1. The molecule has 2 rings (SSSR count). The molecule has 1 aromatic rings. The zero-order valence-electron chi connectivity index (χ0n) is 12.4. The maximum absolute atomic E-state index is 12.2. The summed E-state index contributed by atoms with van der Waals surface area (Å²) in [5.74, 6) is -0.263. The van der Waals surface area contributed by atoms with Gasteiger partial charge in [0.2, 0.25) is 0 Å². The molecule has 1 atom stereocenters. The van der Waals surface area contributed by atoms with Gasteiger partial charge in [-0.2, -0.15) is 0 Å². The van der Waals surface area contributed by atoms with E-state index in [-0.39, 0.29) is 0 Å². The average molecular weight is 356 g/mol. The van der Waals surface area contributed by atoms with Gasteiger partial charge in [0.25, 0.3) is 0 Å². The van der Waals surface area contributed by atoms with E-state index in [0.29, 0.717) is 11.5 Å². The molecule has 0 bridgehead atoms. The van der Waals surface area contributed by atoms with Crippen LogP contribution in [0.3, 0.4) is 0 Å². The van der Waals surface area contributed by atoms with E-state index in [2.05, 4.69) is 21.2 Å². The third-order valence-electron chi connectivity index (χ3n) is 4.09. The van der Waals surface area contributed by atoms with Gasteiger partial charge < -0.3 is 15.2 Å². The number of hydrogen-bond donors (Lipinski definition) is 2. The minimum Gasteiger partial charge on any atom is -0.457 e. The highest BCUT2D eigenvalue weighted by Gasteiger charge is 2.35. The fraction of sp³-hybridized carbons (Fsp3) is 0.562. The summed E-state index contributed by atoms with van der Waals surface area (Å²) < 4.78 is 6.50. The van der Waals surface area contributed by atoms with Crippen LogP contribution >= 0.6 is 15.9 Å². The van der Waals surface area contributed by atoms with E-state index in [0.717, 1.165) is 30.4 Å². The summed E-state index contributed by atoms with van der Waals surface area (Å²) in [6, 6.07) is 7.02. The number of piperidine rings is 1. The Labute approximate surface area is 134 Å². The molecule has 116 valence electrons. The Morgan fingerprint density at radius 1 is 1.33 bits per heavy atom. The zero-order chi connectivity index (χ0) is 15.5. The van der Waals surface area contributed by atoms with E-state index in [1.54, 1.807) is 24.3 Å². The lowest BCUT2D eigenvalue weighted by Gasteiger charge is -2.37. The van der Waals surface area contributed by atoms with E-state index < -0.39 is 17.7 Å². The van der Waals surface area contributed by atoms with Crippen LogP contribution in [0.2, 0.25) is 0 Å². The first-order valence-electron chi connectivity index (χ1n) is 7.27. The molecule has 21 heavy (non-hydrogen) atoms. The number of hydrogen-bond acceptors (Lipinski definition) is 4. The van der Waals surface area contributed by atoms with Crippen LogP contribution in [0.25, 0.3) is 0 Å². The van der Waals surface area contributed by atoms with E-state index in [4.69, 9.17) is 4.74 Å². The summed E-state index contributed by atoms with van der Waals surface area (Å²) in [6.07, 6.45) is 0.725. The maximum Gasteiger partial charge on any atom is 0.340 e. The minimum absolute atomic E-state index is 0.319. The number of halogens is 1. The molecule has 0 spiro atoms. The summed E-state index contributed by atoms with van der Waals surface area (Å²) in [5.41, 5.74) is -0.0143.